The van der Waals surface area contributed by atoms with Gasteiger partial charge in [0.25, 0.3) is 0 Å². The van der Waals surface area contributed by atoms with Crippen LogP contribution in [0.3, 0.4) is 0 Å². The third-order valence-corrected chi connectivity index (χ3v) is 6.52. The monoisotopic (exact) mass is 392 g/mol. The van der Waals surface area contributed by atoms with E-state index < -0.39 is 0 Å². The highest BCUT2D eigenvalue weighted by molar-refractivity contribution is 7.09. The van der Waals surface area contributed by atoms with Gasteiger partial charge in [-0.05, 0) is 59.0 Å². The number of thiazole rings is 1. The van der Waals surface area contributed by atoms with Crippen molar-refractivity contribution in [3.63, 3.8) is 0 Å². The van der Waals surface area contributed by atoms with E-state index in [2.05, 4.69) is 20.6 Å². The fourth-order valence-corrected chi connectivity index (χ4v) is 4.87. The normalized spacial score (nSPS) is 22.0. The molecule has 0 bridgehead atoms. The molecule has 0 unspecified atom stereocenters. The lowest BCUT2D eigenvalue weighted by atomic mass is 9.91. The van der Waals surface area contributed by atoms with Crippen molar-refractivity contribution < 1.29 is 9.59 Å². The fourth-order valence-electron chi connectivity index (χ4n) is 4.27. The summed E-state index contributed by atoms with van der Waals surface area (Å²) in [5.74, 6) is 0.442. The zero-order valence-corrected chi connectivity index (χ0v) is 17.4. The number of hydrogen-bond acceptors (Lipinski definition) is 5. The number of nitrogens with zero attached hydrogens (tertiary/aromatic N) is 3. The molecule has 0 spiro atoms. The summed E-state index contributed by atoms with van der Waals surface area (Å²) >= 11 is 1.69. The Hall–Kier alpha value is -1.47. The minimum atomic E-state index is 0.0653. The molecule has 2 saturated heterocycles. The molecule has 0 saturated carbocycles. The first-order valence-corrected chi connectivity index (χ1v) is 11.1. The lowest BCUT2D eigenvalue weighted by molar-refractivity contribution is -0.141. The Labute approximate surface area is 166 Å². The molecule has 1 aromatic rings. The Morgan fingerprint density at radius 2 is 2.00 bits per heavy atom. The van der Waals surface area contributed by atoms with Crippen molar-refractivity contribution in [2.75, 3.05) is 26.2 Å². The molecule has 150 valence electrons. The minimum Gasteiger partial charge on any atom is -0.356 e. The molecule has 2 amide bonds. The summed E-state index contributed by atoms with van der Waals surface area (Å²) in [4.78, 5) is 34.1. The quantitative estimate of drug-likeness (QED) is 0.808. The molecule has 7 heteroatoms. The number of carbonyl (C=O) groups excluding carboxylic acids is 2. The van der Waals surface area contributed by atoms with Crippen molar-refractivity contribution >= 4 is 23.2 Å². The summed E-state index contributed by atoms with van der Waals surface area (Å²) < 4.78 is 0. The van der Waals surface area contributed by atoms with Crippen LogP contribution in [0.5, 0.6) is 0 Å². The SMILES string of the molecule is CCNC(=O)C[C@H]1CCCCN1C(=O)C1CCN(Cc2csc(C)n2)CC1. The van der Waals surface area contributed by atoms with E-state index >= 15 is 0 Å². The van der Waals surface area contributed by atoms with Gasteiger partial charge in [0.05, 0.1) is 10.7 Å². The summed E-state index contributed by atoms with van der Waals surface area (Å²) in [5.41, 5.74) is 1.14. The predicted octanol–water partition coefficient (Wildman–Crippen LogP) is 2.57. The molecule has 0 aliphatic carbocycles. The van der Waals surface area contributed by atoms with Gasteiger partial charge in [0, 0.05) is 43.4 Å². The number of hydrogen-bond donors (Lipinski definition) is 1. The summed E-state index contributed by atoms with van der Waals surface area (Å²) in [6.45, 7) is 8.20. The number of likely N-dealkylation sites (tertiary alicyclic amines) is 2. The maximum atomic E-state index is 13.1. The van der Waals surface area contributed by atoms with Gasteiger partial charge in [-0.2, -0.15) is 0 Å². The fraction of sp³-hybridized carbons (Fsp3) is 0.750. The first kappa shape index (κ1) is 20.3. The molecule has 2 aliphatic heterocycles. The Bertz CT molecular complexity index is 640. The van der Waals surface area contributed by atoms with Crippen LogP contribution in [0.2, 0.25) is 0 Å². The van der Waals surface area contributed by atoms with Gasteiger partial charge in [0.1, 0.15) is 0 Å². The van der Waals surface area contributed by atoms with Gasteiger partial charge in [0.2, 0.25) is 11.8 Å². The largest absolute Gasteiger partial charge is 0.356 e. The van der Waals surface area contributed by atoms with Crippen LogP contribution < -0.4 is 5.32 Å². The lowest BCUT2D eigenvalue weighted by Crippen LogP contribution is -2.50. The number of amides is 2. The minimum absolute atomic E-state index is 0.0653. The van der Waals surface area contributed by atoms with E-state index in [1.807, 2.05) is 18.7 Å². The Morgan fingerprint density at radius 1 is 1.22 bits per heavy atom. The first-order valence-electron chi connectivity index (χ1n) is 10.3. The summed E-state index contributed by atoms with van der Waals surface area (Å²) in [7, 11) is 0. The predicted molar refractivity (Wildman–Crippen MR) is 108 cm³/mol. The molecule has 2 aliphatic rings. The lowest BCUT2D eigenvalue weighted by Gasteiger charge is -2.39. The molecular formula is C20H32N4O2S. The Balaban J connectivity index is 1.51. The van der Waals surface area contributed by atoms with Crippen LogP contribution in [0, 0.1) is 12.8 Å². The van der Waals surface area contributed by atoms with Crippen LogP contribution >= 0.6 is 11.3 Å². The topological polar surface area (TPSA) is 65.5 Å². The molecule has 1 aromatic heterocycles. The molecule has 1 atom stereocenters. The van der Waals surface area contributed by atoms with Crippen molar-refractivity contribution in [2.45, 2.75) is 65.0 Å². The second kappa shape index (κ2) is 9.64. The van der Waals surface area contributed by atoms with Gasteiger partial charge in [-0.1, -0.05) is 0 Å². The smallest absolute Gasteiger partial charge is 0.226 e. The van der Waals surface area contributed by atoms with Crippen molar-refractivity contribution in [1.82, 2.24) is 20.1 Å². The average Bonchev–Trinajstić information content (AvgIpc) is 3.07. The first-order chi connectivity index (χ1) is 13.1. The molecule has 0 aromatic carbocycles. The number of piperidine rings is 2. The molecule has 3 heterocycles. The van der Waals surface area contributed by atoms with E-state index in [-0.39, 0.29) is 23.8 Å². The number of nitrogens with one attached hydrogen (secondary N) is 1. The molecule has 3 rings (SSSR count). The Morgan fingerprint density at radius 3 is 2.67 bits per heavy atom. The van der Waals surface area contributed by atoms with Crippen molar-refractivity contribution in [1.29, 1.82) is 0 Å². The molecular weight excluding hydrogens is 360 g/mol. The average molecular weight is 393 g/mol. The molecule has 27 heavy (non-hydrogen) atoms. The van der Waals surface area contributed by atoms with Crippen LogP contribution in [0.15, 0.2) is 5.38 Å². The zero-order chi connectivity index (χ0) is 19.2. The maximum absolute atomic E-state index is 13.1. The van der Waals surface area contributed by atoms with Gasteiger partial charge in [-0.15, -0.1) is 11.3 Å². The second-order valence-electron chi connectivity index (χ2n) is 7.75. The maximum Gasteiger partial charge on any atom is 0.226 e. The van der Waals surface area contributed by atoms with E-state index in [1.165, 1.54) is 0 Å². The van der Waals surface area contributed by atoms with Crippen LogP contribution in [-0.2, 0) is 16.1 Å². The summed E-state index contributed by atoms with van der Waals surface area (Å²) in [6.07, 6.45) is 5.38. The number of carbonyl (C=O) groups is 2. The van der Waals surface area contributed by atoms with Crippen LogP contribution in [0.1, 0.15) is 56.2 Å². The Kier molecular flexibility index (Phi) is 7.24. The molecule has 2 fully saturated rings. The van der Waals surface area contributed by atoms with Crippen molar-refractivity contribution in [3.8, 4) is 0 Å². The number of aryl methyl sites for hydroxylation is 1. The van der Waals surface area contributed by atoms with Crippen LogP contribution in [-0.4, -0.2) is 58.8 Å². The van der Waals surface area contributed by atoms with E-state index in [0.717, 1.165) is 69.0 Å². The highest BCUT2D eigenvalue weighted by Gasteiger charge is 2.34. The van der Waals surface area contributed by atoms with Crippen LogP contribution in [0.4, 0.5) is 0 Å². The molecule has 6 nitrogen and oxygen atoms in total. The second-order valence-corrected chi connectivity index (χ2v) is 8.81. The van der Waals surface area contributed by atoms with Crippen molar-refractivity contribution in [2.24, 2.45) is 5.92 Å². The zero-order valence-electron chi connectivity index (χ0n) is 16.6. The summed E-state index contributed by atoms with van der Waals surface area (Å²) in [6, 6.07) is 0.0776. The number of rotatable bonds is 6. The standard InChI is InChI=1S/C20H32N4O2S/c1-3-21-19(25)12-18-6-4-5-9-24(18)20(26)16-7-10-23(11-8-16)13-17-14-27-15(2)22-17/h14,16,18H,3-13H2,1-2H3,(H,21,25)/t18-/m1/s1. The molecule has 0 radical (unpaired) electrons. The van der Waals surface area contributed by atoms with Gasteiger partial charge < -0.3 is 10.2 Å². The third-order valence-electron chi connectivity index (χ3n) is 5.69. The van der Waals surface area contributed by atoms with Crippen molar-refractivity contribution in [3.05, 3.63) is 16.1 Å². The van der Waals surface area contributed by atoms with E-state index in [0.29, 0.717) is 13.0 Å². The van der Waals surface area contributed by atoms with Crippen LogP contribution in [0.25, 0.3) is 0 Å². The highest BCUT2D eigenvalue weighted by Crippen LogP contribution is 2.27. The number of aromatic nitrogens is 1. The van der Waals surface area contributed by atoms with Gasteiger partial charge in [0.15, 0.2) is 0 Å². The van der Waals surface area contributed by atoms with E-state index in [1.54, 1.807) is 11.3 Å². The molecule has 1 N–H and O–H groups in total. The van der Waals surface area contributed by atoms with Gasteiger partial charge >= 0.3 is 0 Å². The van der Waals surface area contributed by atoms with E-state index in [9.17, 15) is 9.59 Å². The van der Waals surface area contributed by atoms with Gasteiger partial charge in [-0.3, -0.25) is 14.5 Å². The third kappa shape index (κ3) is 5.51. The highest BCUT2D eigenvalue weighted by atomic mass is 32.1. The van der Waals surface area contributed by atoms with Gasteiger partial charge in [-0.25, -0.2) is 4.98 Å². The summed E-state index contributed by atoms with van der Waals surface area (Å²) in [5, 5.41) is 6.11. The van der Waals surface area contributed by atoms with E-state index in [4.69, 9.17) is 0 Å².